The summed E-state index contributed by atoms with van der Waals surface area (Å²) in [7, 11) is -2.20. The zero-order valence-electron chi connectivity index (χ0n) is 16.9. The SMILES string of the molecule is COc1ccc(S(=O)(=O)N2CCOCC2)cc1C(=O)NC1(C)CCC(C)CC1. The van der Waals surface area contributed by atoms with E-state index < -0.39 is 10.0 Å². The second kappa shape index (κ2) is 8.39. The molecule has 28 heavy (non-hydrogen) atoms. The maximum absolute atomic E-state index is 13.0. The summed E-state index contributed by atoms with van der Waals surface area (Å²) in [4.78, 5) is 13.1. The molecule has 0 unspecified atom stereocenters. The Kier molecular flexibility index (Phi) is 6.31. The number of carbonyl (C=O) groups is 1. The van der Waals surface area contributed by atoms with E-state index >= 15 is 0 Å². The number of methoxy groups -OCH3 is 1. The van der Waals surface area contributed by atoms with Crippen LogP contribution in [-0.2, 0) is 14.8 Å². The minimum atomic E-state index is -3.68. The molecule has 1 amide bonds. The van der Waals surface area contributed by atoms with Crippen molar-refractivity contribution in [3.63, 3.8) is 0 Å². The van der Waals surface area contributed by atoms with E-state index in [4.69, 9.17) is 9.47 Å². The maximum atomic E-state index is 13.0. The quantitative estimate of drug-likeness (QED) is 0.806. The first-order valence-corrected chi connectivity index (χ1v) is 11.3. The topological polar surface area (TPSA) is 84.9 Å². The highest BCUT2D eigenvalue weighted by Crippen LogP contribution is 2.32. The van der Waals surface area contributed by atoms with Crippen molar-refractivity contribution in [1.82, 2.24) is 9.62 Å². The van der Waals surface area contributed by atoms with E-state index in [-0.39, 0.29) is 21.9 Å². The van der Waals surface area contributed by atoms with Crippen molar-refractivity contribution in [1.29, 1.82) is 0 Å². The molecule has 1 aliphatic carbocycles. The van der Waals surface area contributed by atoms with Crippen molar-refractivity contribution in [2.24, 2.45) is 5.92 Å². The predicted octanol–water partition coefficient (Wildman–Crippen LogP) is 2.41. The molecule has 1 aromatic carbocycles. The van der Waals surface area contributed by atoms with Gasteiger partial charge in [-0.1, -0.05) is 6.92 Å². The number of benzene rings is 1. The standard InChI is InChI=1S/C20H30N2O5S/c1-15-6-8-20(2,9-7-15)21-19(23)17-14-16(4-5-18(17)26-3)28(24,25)22-10-12-27-13-11-22/h4-5,14-15H,6-13H2,1-3H3,(H,21,23). The van der Waals surface area contributed by atoms with Gasteiger partial charge >= 0.3 is 0 Å². The number of ether oxygens (including phenoxy) is 2. The van der Waals surface area contributed by atoms with Gasteiger partial charge in [0.05, 0.1) is 30.8 Å². The third kappa shape index (κ3) is 4.50. The van der Waals surface area contributed by atoms with Crippen molar-refractivity contribution < 1.29 is 22.7 Å². The smallest absolute Gasteiger partial charge is 0.255 e. The molecule has 8 heteroatoms. The van der Waals surface area contributed by atoms with Crippen LogP contribution in [0.25, 0.3) is 0 Å². The number of sulfonamides is 1. The fraction of sp³-hybridized carbons (Fsp3) is 0.650. The number of morpholine rings is 1. The Morgan fingerprint density at radius 2 is 1.89 bits per heavy atom. The van der Waals surface area contributed by atoms with Crippen LogP contribution in [0, 0.1) is 5.92 Å². The van der Waals surface area contributed by atoms with Crippen LogP contribution in [0.1, 0.15) is 49.9 Å². The summed E-state index contributed by atoms with van der Waals surface area (Å²) in [5.74, 6) is 0.737. The fourth-order valence-corrected chi connectivity index (χ4v) is 5.26. The van der Waals surface area contributed by atoms with Gasteiger partial charge in [-0.3, -0.25) is 4.79 Å². The van der Waals surface area contributed by atoms with E-state index in [1.165, 1.54) is 23.5 Å². The van der Waals surface area contributed by atoms with Gasteiger partial charge in [0.25, 0.3) is 5.91 Å². The first-order valence-electron chi connectivity index (χ1n) is 9.84. The van der Waals surface area contributed by atoms with Crippen LogP contribution in [0.3, 0.4) is 0 Å². The summed E-state index contributed by atoms with van der Waals surface area (Å²) in [6.07, 6.45) is 3.96. The molecule has 3 rings (SSSR count). The Hall–Kier alpha value is -1.64. The average molecular weight is 411 g/mol. The summed E-state index contributed by atoms with van der Waals surface area (Å²) in [5, 5.41) is 3.12. The number of hydrogen-bond acceptors (Lipinski definition) is 5. The monoisotopic (exact) mass is 410 g/mol. The largest absolute Gasteiger partial charge is 0.496 e. The lowest BCUT2D eigenvalue weighted by molar-refractivity contribution is 0.0730. The third-order valence-electron chi connectivity index (χ3n) is 5.82. The number of nitrogens with one attached hydrogen (secondary N) is 1. The number of hydrogen-bond donors (Lipinski definition) is 1. The summed E-state index contributed by atoms with van der Waals surface area (Å²) in [5.41, 5.74) is -0.0371. The molecule has 2 fully saturated rings. The van der Waals surface area contributed by atoms with Crippen molar-refractivity contribution in [2.75, 3.05) is 33.4 Å². The molecule has 1 saturated carbocycles. The number of rotatable bonds is 5. The van der Waals surface area contributed by atoms with E-state index in [1.54, 1.807) is 6.07 Å². The fourth-order valence-electron chi connectivity index (χ4n) is 3.83. The Labute approximate surface area is 167 Å². The van der Waals surface area contributed by atoms with Gasteiger partial charge in [0.2, 0.25) is 10.0 Å². The first-order chi connectivity index (χ1) is 13.2. The first kappa shape index (κ1) is 21.1. The maximum Gasteiger partial charge on any atom is 0.255 e. The van der Waals surface area contributed by atoms with Crippen LogP contribution in [0.2, 0.25) is 0 Å². The Balaban J connectivity index is 1.85. The second-order valence-electron chi connectivity index (χ2n) is 8.08. The van der Waals surface area contributed by atoms with Gasteiger partial charge < -0.3 is 14.8 Å². The van der Waals surface area contributed by atoms with Gasteiger partial charge in [0.1, 0.15) is 5.75 Å². The van der Waals surface area contributed by atoms with Gasteiger partial charge in [0, 0.05) is 18.6 Å². The molecule has 1 aliphatic heterocycles. The van der Waals surface area contributed by atoms with Gasteiger partial charge in [-0.05, 0) is 56.7 Å². The van der Waals surface area contributed by atoms with Gasteiger partial charge in [0.15, 0.2) is 0 Å². The van der Waals surface area contributed by atoms with Crippen LogP contribution >= 0.6 is 0 Å². The highest BCUT2D eigenvalue weighted by molar-refractivity contribution is 7.89. The van der Waals surface area contributed by atoms with Crippen LogP contribution in [-0.4, -0.2) is 57.6 Å². The molecule has 1 heterocycles. The van der Waals surface area contributed by atoms with Crippen molar-refractivity contribution in [3.05, 3.63) is 23.8 Å². The molecule has 0 spiro atoms. The highest BCUT2D eigenvalue weighted by Gasteiger charge is 2.33. The molecule has 1 saturated heterocycles. The van der Waals surface area contributed by atoms with Crippen LogP contribution < -0.4 is 10.1 Å². The number of amides is 1. The summed E-state index contributed by atoms with van der Waals surface area (Å²) in [6.45, 7) is 5.65. The van der Waals surface area contributed by atoms with E-state index in [1.807, 2.05) is 0 Å². The summed E-state index contributed by atoms with van der Waals surface area (Å²) < 4.78 is 37.9. The molecule has 2 aliphatic rings. The zero-order valence-corrected chi connectivity index (χ0v) is 17.7. The van der Waals surface area contributed by atoms with Gasteiger partial charge in [-0.25, -0.2) is 8.42 Å². The number of carbonyl (C=O) groups excluding carboxylic acids is 1. The van der Waals surface area contributed by atoms with E-state index in [9.17, 15) is 13.2 Å². The van der Waals surface area contributed by atoms with Gasteiger partial charge in [-0.2, -0.15) is 4.31 Å². The highest BCUT2D eigenvalue weighted by atomic mass is 32.2. The Bertz CT molecular complexity index is 810. The lowest BCUT2D eigenvalue weighted by Gasteiger charge is -2.37. The van der Waals surface area contributed by atoms with Crippen molar-refractivity contribution in [3.8, 4) is 5.75 Å². The molecule has 0 atom stereocenters. The predicted molar refractivity (Wildman–Crippen MR) is 106 cm³/mol. The minimum Gasteiger partial charge on any atom is -0.496 e. The van der Waals surface area contributed by atoms with Crippen LogP contribution in [0.15, 0.2) is 23.1 Å². The van der Waals surface area contributed by atoms with Gasteiger partial charge in [-0.15, -0.1) is 0 Å². The lowest BCUT2D eigenvalue weighted by Crippen LogP contribution is -2.48. The van der Waals surface area contributed by atoms with Crippen molar-refractivity contribution in [2.45, 2.75) is 50.0 Å². The van der Waals surface area contributed by atoms with Crippen LogP contribution in [0.4, 0.5) is 0 Å². The molecule has 7 nitrogen and oxygen atoms in total. The molecule has 0 bridgehead atoms. The molecule has 1 aromatic rings. The number of nitrogens with zero attached hydrogens (tertiary/aromatic N) is 1. The second-order valence-corrected chi connectivity index (χ2v) is 10.0. The average Bonchev–Trinajstić information content (AvgIpc) is 2.70. The molecule has 1 N–H and O–H groups in total. The van der Waals surface area contributed by atoms with Crippen LogP contribution in [0.5, 0.6) is 5.75 Å². The summed E-state index contributed by atoms with van der Waals surface area (Å²) in [6, 6.07) is 4.46. The third-order valence-corrected chi connectivity index (χ3v) is 7.71. The minimum absolute atomic E-state index is 0.0998. The Morgan fingerprint density at radius 3 is 2.50 bits per heavy atom. The zero-order chi connectivity index (χ0) is 20.4. The molecule has 156 valence electrons. The van der Waals surface area contributed by atoms with Crippen molar-refractivity contribution >= 4 is 15.9 Å². The van der Waals surface area contributed by atoms with E-state index in [2.05, 4.69) is 19.2 Å². The van der Waals surface area contributed by atoms with E-state index in [0.29, 0.717) is 38.0 Å². The Morgan fingerprint density at radius 1 is 1.25 bits per heavy atom. The molecular weight excluding hydrogens is 380 g/mol. The summed E-state index contributed by atoms with van der Waals surface area (Å²) >= 11 is 0. The van der Waals surface area contributed by atoms with E-state index in [0.717, 1.165) is 25.7 Å². The molecular formula is C20H30N2O5S. The normalized spacial score (nSPS) is 26.6. The molecule has 0 aromatic heterocycles. The molecule has 0 radical (unpaired) electrons. The lowest BCUT2D eigenvalue weighted by atomic mass is 9.78.